The van der Waals surface area contributed by atoms with Crippen LogP contribution in [-0.2, 0) is 4.79 Å². The van der Waals surface area contributed by atoms with Crippen molar-refractivity contribution in [2.75, 3.05) is 13.1 Å². The van der Waals surface area contributed by atoms with E-state index in [4.69, 9.17) is 0 Å². The van der Waals surface area contributed by atoms with Crippen molar-refractivity contribution in [3.63, 3.8) is 0 Å². The first kappa shape index (κ1) is 14.8. The van der Waals surface area contributed by atoms with E-state index < -0.39 is 11.9 Å². The Morgan fingerprint density at radius 2 is 1.96 bits per heavy atom. The van der Waals surface area contributed by atoms with Crippen LogP contribution in [0.15, 0.2) is 28.7 Å². The summed E-state index contributed by atoms with van der Waals surface area (Å²) in [7, 11) is 0. The van der Waals surface area contributed by atoms with E-state index in [1.165, 1.54) is 0 Å². The number of hydrogen-bond donors (Lipinski definition) is 2. The molecule has 4 rings (SSSR count). The molecule has 2 heterocycles. The monoisotopic (exact) mass is 376 g/mol. The fourth-order valence-electron chi connectivity index (χ4n) is 3.67. The summed E-state index contributed by atoms with van der Waals surface area (Å²) in [4.78, 5) is 29.2. The summed E-state index contributed by atoms with van der Waals surface area (Å²) in [5, 5.41) is 10.4. The summed E-state index contributed by atoms with van der Waals surface area (Å²) in [6.07, 6.45) is 2.18. The molecule has 1 aromatic carbocycles. The number of benzene rings is 1. The van der Waals surface area contributed by atoms with Crippen LogP contribution in [0.5, 0.6) is 0 Å². The predicted octanol–water partition coefficient (Wildman–Crippen LogP) is 3.11. The summed E-state index contributed by atoms with van der Waals surface area (Å²) >= 11 is 3.50. The second-order valence-corrected chi connectivity index (χ2v) is 7.31. The third kappa shape index (κ3) is 2.45. The molecule has 2 aromatic rings. The number of likely N-dealkylation sites (tertiary alicyclic amines) is 1. The lowest BCUT2D eigenvalue weighted by atomic mass is 9.92. The molecule has 0 spiro atoms. The Bertz CT molecular complexity index is 796. The van der Waals surface area contributed by atoms with E-state index >= 15 is 0 Å². The van der Waals surface area contributed by atoms with Gasteiger partial charge in [-0.15, -0.1) is 0 Å². The summed E-state index contributed by atoms with van der Waals surface area (Å²) in [6.45, 7) is 0.847. The molecule has 1 saturated heterocycles. The Hall–Kier alpha value is -1.82. The number of carbonyl (C=O) groups is 2. The fourth-order valence-corrected chi connectivity index (χ4v) is 4.29. The highest BCUT2D eigenvalue weighted by molar-refractivity contribution is 9.10. The first-order valence-corrected chi connectivity index (χ1v) is 8.64. The number of aromatic amines is 1. The molecule has 1 aliphatic carbocycles. The number of carboxylic acid groups (broad SMARTS) is 1. The molecule has 23 heavy (non-hydrogen) atoms. The van der Waals surface area contributed by atoms with Crippen LogP contribution in [0.4, 0.5) is 0 Å². The van der Waals surface area contributed by atoms with Gasteiger partial charge in [0.05, 0.1) is 10.4 Å². The standard InChI is InChI=1S/C17H17BrN2O3/c18-14-10-3-1-2-4-13(10)19-15(14)16(21)20-7-11(9-5-6-9)12(8-20)17(22)23/h1-4,9,11-12,19H,5-8H2,(H,22,23)/t11-,12+/m1/s1. The molecule has 0 unspecified atom stereocenters. The minimum absolute atomic E-state index is 0.0969. The first-order valence-electron chi connectivity index (χ1n) is 7.84. The van der Waals surface area contributed by atoms with Crippen LogP contribution in [0, 0.1) is 17.8 Å². The number of rotatable bonds is 3. The molecule has 1 amide bonds. The van der Waals surface area contributed by atoms with Gasteiger partial charge in [-0.05, 0) is 46.7 Å². The van der Waals surface area contributed by atoms with Crippen LogP contribution in [-0.4, -0.2) is 40.0 Å². The summed E-state index contributed by atoms with van der Waals surface area (Å²) in [5.41, 5.74) is 1.40. The van der Waals surface area contributed by atoms with Gasteiger partial charge in [0.2, 0.25) is 0 Å². The molecular formula is C17H17BrN2O3. The third-order valence-corrected chi connectivity index (χ3v) is 5.88. The molecule has 6 heteroatoms. The number of halogens is 1. The number of carboxylic acids is 1. The predicted molar refractivity (Wildman–Crippen MR) is 89.2 cm³/mol. The number of carbonyl (C=O) groups excluding carboxylic acids is 1. The Balaban J connectivity index is 1.63. The molecule has 0 bridgehead atoms. The first-order chi connectivity index (χ1) is 11.1. The number of H-pyrrole nitrogens is 1. The van der Waals surface area contributed by atoms with Crippen LogP contribution in [0.25, 0.3) is 10.9 Å². The maximum Gasteiger partial charge on any atom is 0.308 e. The SMILES string of the molecule is O=C(O)[C@H]1CN(C(=O)c2[nH]c3ccccc3c2Br)C[C@@H]1C1CC1. The molecule has 1 saturated carbocycles. The molecule has 2 atom stereocenters. The van der Waals surface area contributed by atoms with Gasteiger partial charge in [0.15, 0.2) is 0 Å². The molecule has 2 aliphatic rings. The van der Waals surface area contributed by atoms with Crippen molar-refractivity contribution in [3.05, 3.63) is 34.4 Å². The molecule has 2 N–H and O–H groups in total. The van der Waals surface area contributed by atoms with E-state index in [1.54, 1.807) is 4.90 Å². The summed E-state index contributed by atoms with van der Waals surface area (Å²) in [5.74, 6) is -0.773. The molecule has 1 aromatic heterocycles. The van der Waals surface area contributed by atoms with Gasteiger partial charge in [0.25, 0.3) is 5.91 Å². The van der Waals surface area contributed by atoms with Gasteiger partial charge < -0.3 is 15.0 Å². The quantitative estimate of drug-likeness (QED) is 0.863. The lowest BCUT2D eigenvalue weighted by molar-refractivity contribution is -0.142. The molecule has 120 valence electrons. The Morgan fingerprint density at radius 1 is 1.22 bits per heavy atom. The Kier molecular flexibility index (Phi) is 3.44. The van der Waals surface area contributed by atoms with Gasteiger partial charge in [-0.2, -0.15) is 0 Å². The number of hydrogen-bond acceptors (Lipinski definition) is 2. The second kappa shape index (κ2) is 5.37. The van der Waals surface area contributed by atoms with Gasteiger partial charge in [-0.3, -0.25) is 9.59 Å². The largest absolute Gasteiger partial charge is 0.481 e. The average Bonchev–Trinajstić information content (AvgIpc) is 3.20. The number of aromatic nitrogens is 1. The minimum Gasteiger partial charge on any atom is -0.481 e. The maximum atomic E-state index is 12.9. The summed E-state index contributed by atoms with van der Waals surface area (Å²) < 4.78 is 0.750. The number of para-hydroxylation sites is 1. The van der Waals surface area contributed by atoms with Crippen LogP contribution in [0.2, 0.25) is 0 Å². The Morgan fingerprint density at radius 3 is 2.61 bits per heavy atom. The van der Waals surface area contributed by atoms with Crippen molar-refractivity contribution >= 4 is 38.7 Å². The third-order valence-electron chi connectivity index (χ3n) is 5.05. The molecule has 2 fully saturated rings. The van der Waals surface area contributed by atoms with E-state index in [1.807, 2.05) is 24.3 Å². The van der Waals surface area contributed by atoms with Gasteiger partial charge >= 0.3 is 5.97 Å². The minimum atomic E-state index is -0.784. The van der Waals surface area contributed by atoms with E-state index in [-0.39, 0.29) is 11.8 Å². The topological polar surface area (TPSA) is 73.4 Å². The van der Waals surface area contributed by atoms with Gasteiger partial charge in [0.1, 0.15) is 5.69 Å². The number of nitrogens with one attached hydrogen (secondary N) is 1. The maximum absolute atomic E-state index is 12.9. The lowest BCUT2D eigenvalue weighted by Gasteiger charge is -2.15. The molecule has 5 nitrogen and oxygen atoms in total. The molecule has 1 aliphatic heterocycles. The number of amides is 1. The van der Waals surface area contributed by atoms with Gasteiger partial charge in [-0.25, -0.2) is 0 Å². The van der Waals surface area contributed by atoms with Crippen LogP contribution < -0.4 is 0 Å². The fraction of sp³-hybridized carbons (Fsp3) is 0.412. The van der Waals surface area contributed by atoms with Crippen LogP contribution in [0.1, 0.15) is 23.3 Å². The summed E-state index contributed by atoms with van der Waals surface area (Å²) in [6, 6.07) is 7.71. The second-order valence-electron chi connectivity index (χ2n) is 6.52. The zero-order chi connectivity index (χ0) is 16.1. The highest BCUT2D eigenvalue weighted by Crippen LogP contribution is 2.44. The van der Waals surface area contributed by atoms with Crippen molar-refractivity contribution < 1.29 is 14.7 Å². The highest BCUT2D eigenvalue weighted by atomic mass is 79.9. The molecule has 0 radical (unpaired) electrons. The van der Waals surface area contributed by atoms with Gasteiger partial charge in [-0.1, -0.05) is 18.2 Å². The smallest absolute Gasteiger partial charge is 0.308 e. The molecular weight excluding hydrogens is 360 g/mol. The average molecular weight is 377 g/mol. The highest BCUT2D eigenvalue weighted by Gasteiger charge is 2.47. The van der Waals surface area contributed by atoms with E-state index in [0.29, 0.717) is 24.7 Å². The van der Waals surface area contributed by atoms with Crippen molar-refractivity contribution in [3.8, 4) is 0 Å². The van der Waals surface area contributed by atoms with Crippen LogP contribution in [0.3, 0.4) is 0 Å². The number of aliphatic carboxylic acids is 1. The number of fused-ring (bicyclic) bond motifs is 1. The van der Waals surface area contributed by atoms with Crippen LogP contribution >= 0.6 is 15.9 Å². The zero-order valence-corrected chi connectivity index (χ0v) is 14.0. The van der Waals surface area contributed by atoms with E-state index in [2.05, 4.69) is 20.9 Å². The van der Waals surface area contributed by atoms with Gasteiger partial charge in [0, 0.05) is 24.0 Å². The van der Waals surface area contributed by atoms with Crippen molar-refractivity contribution in [1.82, 2.24) is 9.88 Å². The van der Waals surface area contributed by atoms with Crippen molar-refractivity contribution in [2.24, 2.45) is 17.8 Å². The lowest BCUT2D eigenvalue weighted by Crippen LogP contribution is -2.30. The normalized spacial score (nSPS) is 24.3. The Labute approximate surface area is 141 Å². The number of nitrogens with zero attached hydrogens (tertiary/aromatic N) is 1. The van der Waals surface area contributed by atoms with Crippen molar-refractivity contribution in [1.29, 1.82) is 0 Å². The van der Waals surface area contributed by atoms with E-state index in [9.17, 15) is 14.7 Å². The van der Waals surface area contributed by atoms with Crippen molar-refractivity contribution in [2.45, 2.75) is 12.8 Å². The zero-order valence-electron chi connectivity index (χ0n) is 12.5. The van der Waals surface area contributed by atoms with E-state index in [0.717, 1.165) is 28.2 Å².